The van der Waals surface area contributed by atoms with Crippen molar-refractivity contribution in [2.24, 2.45) is 155 Å². The number of aliphatic hydroxyl groups excluding tert-OH is 9. The lowest BCUT2D eigenvalue weighted by Crippen LogP contribution is -2.42. The van der Waals surface area contributed by atoms with Gasteiger partial charge in [-0.05, 0) is 309 Å². The fourth-order valence-electron chi connectivity index (χ4n) is 22.1. The Bertz CT molecular complexity index is 2350. The largest absolute Gasteiger partial charge is 0.393 e. The molecule has 9 rings (SSSR count). The molecule has 9 saturated carbocycles. The molecule has 0 saturated heterocycles. The van der Waals surface area contributed by atoms with E-state index in [1.165, 1.54) is 109 Å². The monoisotopic (exact) mass is 1530 g/mol. The first-order chi connectivity index (χ1) is 48.9. The van der Waals surface area contributed by atoms with Crippen molar-refractivity contribution >= 4 is 0 Å². The van der Waals surface area contributed by atoms with Crippen molar-refractivity contribution in [3.63, 3.8) is 0 Å². The zero-order valence-corrected chi connectivity index (χ0v) is 79.2. The van der Waals surface area contributed by atoms with Crippen molar-refractivity contribution in [2.45, 2.75) is 478 Å². The molecule has 9 aliphatic carbocycles. The van der Waals surface area contributed by atoms with Gasteiger partial charge in [0.25, 0.3) is 0 Å². The summed E-state index contributed by atoms with van der Waals surface area (Å²) in [7, 11) is 0. The Morgan fingerprint density at radius 3 is 1.14 bits per heavy atom. The summed E-state index contributed by atoms with van der Waals surface area (Å²) in [6, 6.07) is 0. The van der Waals surface area contributed by atoms with Gasteiger partial charge in [-0.3, -0.25) is 0 Å². The number of aliphatic hydroxyl groups is 9. The zero-order chi connectivity index (χ0) is 84.2. The smallest absolute Gasteiger partial charge is 0.0621 e. The van der Waals surface area contributed by atoms with E-state index < -0.39 is 0 Å². The van der Waals surface area contributed by atoms with Crippen LogP contribution in [0.5, 0.6) is 0 Å². The minimum Gasteiger partial charge on any atom is -0.393 e. The molecule has 9 N–H and O–H groups in total. The molecule has 9 heteroatoms. The van der Waals surface area contributed by atoms with Crippen molar-refractivity contribution in [3.8, 4) is 0 Å². The van der Waals surface area contributed by atoms with Crippen molar-refractivity contribution in [2.75, 3.05) is 0 Å². The first-order valence-corrected chi connectivity index (χ1v) is 46.0. The summed E-state index contributed by atoms with van der Waals surface area (Å²) in [6.07, 6.45) is 30.2. The lowest BCUT2D eigenvalue weighted by Gasteiger charge is -2.44. The maximum absolute atomic E-state index is 10.1. The van der Waals surface area contributed by atoms with Crippen molar-refractivity contribution < 1.29 is 46.0 Å². The third-order valence-electron chi connectivity index (χ3n) is 30.5. The third-order valence-corrected chi connectivity index (χ3v) is 30.5. The van der Waals surface area contributed by atoms with Crippen LogP contribution in [-0.4, -0.2) is 101 Å². The molecule has 0 aromatic heterocycles. The fourth-order valence-corrected chi connectivity index (χ4v) is 22.1. The quantitative estimate of drug-likeness (QED) is 0.109. The summed E-state index contributed by atoms with van der Waals surface area (Å²) in [5.41, 5.74) is 2.53. The first kappa shape index (κ1) is 106. The van der Waals surface area contributed by atoms with E-state index in [9.17, 15) is 46.0 Å². The van der Waals surface area contributed by atoms with Crippen LogP contribution in [-0.2, 0) is 0 Å². The molecule has 0 amide bonds. The predicted octanol–water partition coefficient (Wildman–Crippen LogP) is 25.5. The zero-order valence-electron chi connectivity index (χ0n) is 79.2. The Morgan fingerprint density at radius 1 is 0.241 bits per heavy atom. The SMILES string of the molecule is CC(C)C1C(O)CCCC1(C)C.CC(C)C1CC(C)(C)CCC1O.CC(C)C1CC(O)CC(C)(C)C1.CC(C)C1CC(O)CCC1(C)C.CC(C)C1CCC(C)(C)C(O)C1.CC(C)C1CCC(C)(C)CC1O.CC(C)C1CCC(O)C(C)(C)C1.CC(C)C1CCCC(C)(C)C1O.CC(C)C1CCCC(O)C1(C)C. The van der Waals surface area contributed by atoms with Crippen LogP contribution in [0.15, 0.2) is 0 Å². The molecule has 648 valence electrons. The van der Waals surface area contributed by atoms with E-state index in [0.29, 0.717) is 98.1 Å². The Kier molecular flexibility index (Phi) is 44.6. The fraction of sp³-hybridized carbons (Fsp3) is 1.00. The van der Waals surface area contributed by atoms with Gasteiger partial charge < -0.3 is 46.0 Å². The maximum Gasteiger partial charge on any atom is 0.0621 e. The average Bonchev–Trinajstić information content (AvgIpc) is 0.818. The van der Waals surface area contributed by atoms with Crippen molar-refractivity contribution in [1.29, 1.82) is 0 Å². The highest BCUT2D eigenvalue weighted by atomic mass is 16.3. The van der Waals surface area contributed by atoms with E-state index in [-0.39, 0.29) is 76.6 Å². The summed E-state index contributed by atoms with van der Waals surface area (Å²) in [5.74, 6) is 11.9. The van der Waals surface area contributed by atoms with E-state index in [2.05, 4.69) is 249 Å². The summed E-state index contributed by atoms with van der Waals surface area (Å²) in [5, 5.41) is 88.3. The normalized spacial score (nSPS) is 35.5. The van der Waals surface area contributed by atoms with E-state index in [4.69, 9.17) is 0 Å². The van der Waals surface area contributed by atoms with E-state index in [0.717, 1.165) is 99.7 Å². The van der Waals surface area contributed by atoms with Crippen LogP contribution in [0.4, 0.5) is 0 Å². The summed E-state index contributed by atoms with van der Waals surface area (Å²) in [4.78, 5) is 0. The second kappa shape index (κ2) is 45.5. The second-order valence-corrected chi connectivity index (χ2v) is 47.6. The van der Waals surface area contributed by atoms with Gasteiger partial charge in [0.1, 0.15) is 0 Å². The van der Waals surface area contributed by atoms with Crippen LogP contribution in [0, 0.1) is 155 Å². The van der Waals surface area contributed by atoms with Crippen molar-refractivity contribution in [1.82, 2.24) is 0 Å². The van der Waals surface area contributed by atoms with E-state index >= 15 is 0 Å². The molecule has 108 heavy (non-hydrogen) atoms. The minimum atomic E-state index is -0.0914. The highest BCUT2D eigenvalue weighted by molar-refractivity contribution is 4.95. The molecular formula is C99H198O9. The Balaban J connectivity index is 0.000000607. The standard InChI is InChI=1S/9C11H22O/c1-8(2)9-5-10(12)7-11(3,4)6-9;1-8(2)9-7-11(3,4)6-5-10(9)12;1-8(2)9-5-6-11(3,4)7-10(9)12;1-8(2)10-7-9(12)5-6-11(10,3)4;1-8(2)9-5-6-11(3,4)10(12)7-9;1-8(2)9-5-6-10(12)11(3,4)7-9;1-8(2)10-9(12)6-5-7-11(10,3)4;1-8(2)9-6-5-7-11(3,4)10(9)12;1-8(2)9-6-5-7-10(12)11(9,3)4/h9*8-10,12H,5-7H2,1-4H3. The molecule has 0 spiro atoms. The van der Waals surface area contributed by atoms with Crippen LogP contribution in [0.2, 0.25) is 0 Å². The molecule has 0 aliphatic heterocycles. The first-order valence-electron chi connectivity index (χ1n) is 46.0. The van der Waals surface area contributed by atoms with Gasteiger partial charge in [-0.25, -0.2) is 0 Å². The van der Waals surface area contributed by atoms with Gasteiger partial charge in [-0.1, -0.05) is 269 Å². The van der Waals surface area contributed by atoms with Crippen molar-refractivity contribution in [3.05, 3.63) is 0 Å². The maximum atomic E-state index is 10.1. The van der Waals surface area contributed by atoms with Gasteiger partial charge in [-0.15, -0.1) is 0 Å². The highest BCUT2D eigenvalue weighted by Crippen LogP contribution is 2.50. The lowest BCUT2D eigenvalue weighted by molar-refractivity contribution is -0.0479. The van der Waals surface area contributed by atoms with Gasteiger partial charge in [0.2, 0.25) is 0 Å². The molecular weight excluding hydrogens is 1330 g/mol. The Morgan fingerprint density at radius 2 is 0.731 bits per heavy atom. The number of hydrogen-bond acceptors (Lipinski definition) is 9. The lowest BCUT2D eigenvalue weighted by atomic mass is 9.63. The molecule has 18 atom stereocenters. The topological polar surface area (TPSA) is 182 Å². The summed E-state index contributed by atoms with van der Waals surface area (Å²) in [6.45, 7) is 80.9. The van der Waals surface area contributed by atoms with Gasteiger partial charge in [0.05, 0.1) is 54.9 Å². The molecule has 9 nitrogen and oxygen atoms in total. The molecule has 0 heterocycles. The molecule has 9 aliphatic rings. The molecule has 9 fully saturated rings. The van der Waals surface area contributed by atoms with E-state index in [1.807, 2.05) is 0 Å². The van der Waals surface area contributed by atoms with Gasteiger partial charge in [0.15, 0.2) is 0 Å². The van der Waals surface area contributed by atoms with Crippen LogP contribution < -0.4 is 0 Å². The van der Waals surface area contributed by atoms with Crippen LogP contribution >= 0.6 is 0 Å². The van der Waals surface area contributed by atoms with Crippen LogP contribution in [0.25, 0.3) is 0 Å². The van der Waals surface area contributed by atoms with Crippen LogP contribution in [0.3, 0.4) is 0 Å². The highest BCUT2D eigenvalue weighted by Gasteiger charge is 2.45. The molecule has 0 bridgehead atoms. The van der Waals surface area contributed by atoms with E-state index in [1.54, 1.807) is 0 Å². The van der Waals surface area contributed by atoms with Gasteiger partial charge in [-0.2, -0.15) is 0 Å². The second-order valence-electron chi connectivity index (χ2n) is 47.6. The number of rotatable bonds is 9. The van der Waals surface area contributed by atoms with Gasteiger partial charge >= 0.3 is 0 Å². The average molecular weight is 1530 g/mol. The Hall–Kier alpha value is -0.360. The van der Waals surface area contributed by atoms with Crippen LogP contribution in [0.1, 0.15) is 423 Å². The predicted molar refractivity (Wildman–Crippen MR) is 468 cm³/mol. The molecule has 0 radical (unpaired) electrons. The summed E-state index contributed by atoms with van der Waals surface area (Å²) >= 11 is 0. The number of hydrogen-bond donors (Lipinski definition) is 9. The summed E-state index contributed by atoms with van der Waals surface area (Å²) < 4.78 is 0. The van der Waals surface area contributed by atoms with Gasteiger partial charge in [0, 0.05) is 0 Å². The Labute approximate surface area is 675 Å². The molecule has 0 aromatic carbocycles. The molecule has 0 aromatic rings. The molecule has 18 unspecified atom stereocenters. The minimum absolute atomic E-state index is 0.0366. The third kappa shape index (κ3) is 35.8.